The molecule has 8 heteroatoms. The first-order valence-corrected chi connectivity index (χ1v) is 8.48. The van der Waals surface area contributed by atoms with Gasteiger partial charge < -0.3 is 10.1 Å². The molecular formula is C13H17ClN2O4S. The SMILES string of the molecule is NS(=O)(=O)c1cc(C(=O)NCCC2CCOC2)ccc1Cl. The number of hydrogen-bond acceptors (Lipinski definition) is 4. The highest BCUT2D eigenvalue weighted by molar-refractivity contribution is 7.89. The van der Waals surface area contributed by atoms with E-state index < -0.39 is 10.0 Å². The number of rotatable bonds is 5. The Balaban J connectivity index is 1.99. The van der Waals surface area contributed by atoms with Crippen molar-refractivity contribution in [3.8, 4) is 0 Å². The molecule has 1 amide bonds. The van der Waals surface area contributed by atoms with Gasteiger partial charge in [-0.25, -0.2) is 13.6 Å². The molecule has 0 saturated carbocycles. The van der Waals surface area contributed by atoms with Crippen LogP contribution in [0.1, 0.15) is 23.2 Å². The van der Waals surface area contributed by atoms with E-state index in [0.717, 1.165) is 26.1 Å². The number of halogens is 1. The lowest BCUT2D eigenvalue weighted by Crippen LogP contribution is -2.26. The Kier molecular flexibility index (Phi) is 5.21. The number of benzene rings is 1. The summed E-state index contributed by atoms with van der Waals surface area (Å²) >= 11 is 5.77. The molecule has 1 unspecified atom stereocenters. The van der Waals surface area contributed by atoms with Crippen LogP contribution >= 0.6 is 11.6 Å². The minimum absolute atomic E-state index is 0.00263. The monoisotopic (exact) mass is 332 g/mol. The molecule has 1 atom stereocenters. The zero-order valence-electron chi connectivity index (χ0n) is 11.3. The van der Waals surface area contributed by atoms with Crippen molar-refractivity contribution >= 4 is 27.5 Å². The highest BCUT2D eigenvalue weighted by atomic mass is 35.5. The van der Waals surface area contributed by atoms with E-state index in [0.29, 0.717) is 12.5 Å². The number of nitrogens with one attached hydrogen (secondary N) is 1. The average Bonchev–Trinajstić information content (AvgIpc) is 2.91. The molecule has 0 aromatic heterocycles. The topological polar surface area (TPSA) is 98.5 Å². The van der Waals surface area contributed by atoms with Crippen LogP contribution in [0.2, 0.25) is 5.02 Å². The summed E-state index contributed by atoms with van der Waals surface area (Å²) in [5, 5.41) is 7.80. The molecule has 0 bridgehead atoms. The number of ether oxygens (including phenoxy) is 1. The first-order valence-electron chi connectivity index (χ1n) is 6.56. The molecule has 0 spiro atoms. The third-order valence-electron chi connectivity index (χ3n) is 3.36. The molecule has 0 aliphatic carbocycles. The minimum Gasteiger partial charge on any atom is -0.381 e. The molecule has 1 saturated heterocycles. The fourth-order valence-corrected chi connectivity index (χ4v) is 3.24. The Morgan fingerprint density at radius 1 is 1.48 bits per heavy atom. The molecule has 1 aromatic rings. The lowest BCUT2D eigenvalue weighted by molar-refractivity contribution is 0.0950. The highest BCUT2D eigenvalue weighted by Crippen LogP contribution is 2.21. The Morgan fingerprint density at radius 3 is 2.86 bits per heavy atom. The summed E-state index contributed by atoms with van der Waals surface area (Å²) in [6, 6.07) is 4.00. The van der Waals surface area contributed by atoms with Gasteiger partial charge in [0.15, 0.2) is 0 Å². The summed E-state index contributed by atoms with van der Waals surface area (Å²) in [6.45, 7) is 2.01. The van der Waals surface area contributed by atoms with Gasteiger partial charge in [-0.15, -0.1) is 0 Å². The zero-order chi connectivity index (χ0) is 15.5. The standard InChI is InChI=1S/C13H17ClN2O4S/c14-11-2-1-10(7-12(11)21(15,18)19)13(17)16-5-3-9-4-6-20-8-9/h1-2,7,9H,3-6,8H2,(H,16,17)(H2,15,18,19). The number of sulfonamides is 1. The second-order valence-electron chi connectivity index (χ2n) is 4.96. The minimum atomic E-state index is -3.95. The predicted octanol–water partition coefficient (Wildman–Crippen LogP) is 1.14. The van der Waals surface area contributed by atoms with Crippen LogP contribution in [0, 0.1) is 5.92 Å². The number of hydrogen-bond donors (Lipinski definition) is 2. The average molecular weight is 333 g/mol. The van der Waals surface area contributed by atoms with Crippen LogP contribution in [0.5, 0.6) is 0 Å². The number of amides is 1. The molecule has 1 fully saturated rings. The maximum absolute atomic E-state index is 12.0. The predicted molar refractivity (Wildman–Crippen MR) is 78.7 cm³/mol. The molecule has 1 aliphatic heterocycles. The van der Waals surface area contributed by atoms with Gasteiger partial charge in [-0.1, -0.05) is 11.6 Å². The van der Waals surface area contributed by atoms with Gasteiger partial charge >= 0.3 is 0 Å². The van der Waals surface area contributed by atoms with Gasteiger partial charge in [-0.05, 0) is 37.0 Å². The van der Waals surface area contributed by atoms with Crippen LogP contribution in [0.15, 0.2) is 23.1 Å². The summed E-state index contributed by atoms with van der Waals surface area (Å²) in [5.74, 6) is 0.117. The number of primary sulfonamides is 1. The van der Waals surface area contributed by atoms with Crippen molar-refractivity contribution in [3.63, 3.8) is 0 Å². The highest BCUT2D eigenvalue weighted by Gasteiger charge is 2.18. The van der Waals surface area contributed by atoms with Crippen molar-refractivity contribution in [1.82, 2.24) is 5.32 Å². The van der Waals surface area contributed by atoms with Gasteiger partial charge in [0.1, 0.15) is 4.90 Å². The fraction of sp³-hybridized carbons (Fsp3) is 0.462. The normalized spacial score (nSPS) is 18.7. The Bertz CT molecular complexity index is 627. The number of carbonyl (C=O) groups is 1. The van der Waals surface area contributed by atoms with E-state index in [1.165, 1.54) is 18.2 Å². The summed E-state index contributed by atoms with van der Waals surface area (Å²) in [7, 11) is -3.95. The van der Waals surface area contributed by atoms with Crippen LogP contribution in [0.3, 0.4) is 0 Å². The molecule has 3 N–H and O–H groups in total. The van der Waals surface area contributed by atoms with Gasteiger partial charge in [0, 0.05) is 25.3 Å². The van der Waals surface area contributed by atoms with Crippen LogP contribution in [0.25, 0.3) is 0 Å². The molecule has 1 aromatic carbocycles. The maximum atomic E-state index is 12.0. The smallest absolute Gasteiger partial charge is 0.251 e. The van der Waals surface area contributed by atoms with Crippen molar-refractivity contribution < 1.29 is 17.9 Å². The Labute approximate surface area is 128 Å². The molecule has 6 nitrogen and oxygen atoms in total. The fourth-order valence-electron chi connectivity index (χ4n) is 2.17. The van der Waals surface area contributed by atoms with E-state index in [-0.39, 0.29) is 21.4 Å². The van der Waals surface area contributed by atoms with E-state index in [1.807, 2.05) is 0 Å². The van der Waals surface area contributed by atoms with E-state index in [1.54, 1.807) is 0 Å². The summed E-state index contributed by atoms with van der Waals surface area (Å²) in [5.41, 5.74) is 0.214. The van der Waals surface area contributed by atoms with E-state index in [2.05, 4.69) is 5.32 Å². The van der Waals surface area contributed by atoms with Crippen molar-refractivity contribution in [1.29, 1.82) is 0 Å². The lowest BCUT2D eigenvalue weighted by Gasteiger charge is -2.10. The molecule has 116 valence electrons. The molecule has 2 rings (SSSR count). The van der Waals surface area contributed by atoms with E-state index in [4.69, 9.17) is 21.5 Å². The maximum Gasteiger partial charge on any atom is 0.251 e. The van der Waals surface area contributed by atoms with Crippen molar-refractivity contribution in [2.75, 3.05) is 19.8 Å². The van der Waals surface area contributed by atoms with Crippen molar-refractivity contribution in [2.45, 2.75) is 17.7 Å². The second kappa shape index (κ2) is 6.74. The first-order chi connectivity index (χ1) is 9.88. The number of carbonyl (C=O) groups excluding carboxylic acids is 1. The number of nitrogens with two attached hydrogens (primary N) is 1. The van der Waals surface area contributed by atoms with Gasteiger partial charge in [0.2, 0.25) is 10.0 Å². The third kappa shape index (κ3) is 4.41. The Hall–Kier alpha value is -1.15. The van der Waals surface area contributed by atoms with Crippen molar-refractivity contribution in [3.05, 3.63) is 28.8 Å². The lowest BCUT2D eigenvalue weighted by atomic mass is 10.1. The summed E-state index contributed by atoms with van der Waals surface area (Å²) in [4.78, 5) is 11.7. The van der Waals surface area contributed by atoms with Crippen LogP contribution in [0.4, 0.5) is 0 Å². The molecular weight excluding hydrogens is 316 g/mol. The summed E-state index contributed by atoms with van der Waals surface area (Å²) < 4.78 is 28.0. The van der Waals surface area contributed by atoms with Gasteiger partial charge in [-0.3, -0.25) is 4.79 Å². The van der Waals surface area contributed by atoms with Crippen LogP contribution in [-0.4, -0.2) is 34.1 Å². The van der Waals surface area contributed by atoms with Crippen LogP contribution < -0.4 is 10.5 Å². The third-order valence-corrected chi connectivity index (χ3v) is 4.75. The molecule has 1 aliphatic rings. The summed E-state index contributed by atoms with van der Waals surface area (Å²) in [6.07, 6.45) is 1.84. The first kappa shape index (κ1) is 16.2. The molecule has 0 radical (unpaired) electrons. The second-order valence-corrected chi connectivity index (χ2v) is 6.90. The zero-order valence-corrected chi connectivity index (χ0v) is 12.9. The van der Waals surface area contributed by atoms with Crippen LogP contribution in [-0.2, 0) is 14.8 Å². The largest absolute Gasteiger partial charge is 0.381 e. The van der Waals surface area contributed by atoms with E-state index in [9.17, 15) is 13.2 Å². The van der Waals surface area contributed by atoms with Gasteiger partial charge in [0.05, 0.1) is 5.02 Å². The molecule has 21 heavy (non-hydrogen) atoms. The molecule has 1 heterocycles. The van der Waals surface area contributed by atoms with Gasteiger partial charge in [-0.2, -0.15) is 0 Å². The van der Waals surface area contributed by atoms with E-state index >= 15 is 0 Å². The van der Waals surface area contributed by atoms with Crippen molar-refractivity contribution in [2.24, 2.45) is 11.1 Å². The van der Waals surface area contributed by atoms with Gasteiger partial charge in [0.25, 0.3) is 5.91 Å². The quantitative estimate of drug-likeness (QED) is 0.844. The Morgan fingerprint density at radius 2 is 2.24 bits per heavy atom.